The first-order chi connectivity index (χ1) is 8.84. The lowest BCUT2D eigenvalue weighted by atomic mass is 9.97. The minimum atomic E-state index is 0.215. The van der Waals surface area contributed by atoms with E-state index in [2.05, 4.69) is 35.6 Å². The summed E-state index contributed by atoms with van der Waals surface area (Å²) in [6, 6.07) is 11.4. The molecular formula is C16H26N2. The summed E-state index contributed by atoms with van der Waals surface area (Å²) in [4.78, 5) is 0. The second-order valence-electron chi connectivity index (χ2n) is 5.49. The molecule has 0 aromatic heterocycles. The Balaban J connectivity index is 1.71. The third-order valence-corrected chi connectivity index (χ3v) is 3.88. The zero-order valence-electron chi connectivity index (χ0n) is 11.3. The van der Waals surface area contributed by atoms with Gasteiger partial charge < -0.3 is 5.73 Å². The summed E-state index contributed by atoms with van der Waals surface area (Å²) in [5.74, 6) is 0. The quantitative estimate of drug-likeness (QED) is 0.856. The first-order valence-corrected chi connectivity index (χ1v) is 7.40. The molecule has 0 aliphatic carbocycles. The van der Waals surface area contributed by atoms with E-state index in [4.69, 9.17) is 5.73 Å². The van der Waals surface area contributed by atoms with Crippen LogP contribution in [0.5, 0.6) is 0 Å². The van der Waals surface area contributed by atoms with E-state index in [9.17, 15) is 0 Å². The second kappa shape index (κ2) is 7.55. The maximum Gasteiger partial charge on any atom is 0.0548 e. The van der Waals surface area contributed by atoms with Gasteiger partial charge in [-0.15, -0.1) is 0 Å². The van der Waals surface area contributed by atoms with E-state index < -0.39 is 0 Å². The Morgan fingerprint density at radius 1 is 1.06 bits per heavy atom. The van der Waals surface area contributed by atoms with Gasteiger partial charge in [0.25, 0.3) is 0 Å². The van der Waals surface area contributed by atoms with Crippen molar-refractivity contribution in [2.45, 2.75) is 63.6 Å². The van der Waals surface area contributed by atoms with Crippen LogP contribution in [0.4, 0.5) is 0 Å². The molecule has 0 spiro atoms. The van der Waals surface area contributed by atoms with Gasteiger partial charge in [0, 0.05) is 6.04 Å². The molecule has 1 saturated heterocycles. The SMILES string of the molecule is NC1CCCCCC(CCCc2ccccc2)N1. The van der Waals surface area contributed by atoms with E-state index in [1.165, 1.54) is 50.5 Å². The van der Waals surface area contributed by atoms with Crippen LogP contribution in [0.25, 0.3) is 0 Å². The lowest BCUT2D eigenvalue weighted by Crippen LogP contribution is -2.44. The molecule has 1 aliphatic rings. The first-order valence-electron chi connectivity index (χ1n) is 7.40. The number of rotatable bonds is 4. The second-order valence-corrected chi connectivity index (χ2v) is 5.49. The van der Waals surface area contributed by atoms with Gasteiger partial charge in [0.15, 0.2) is 0 Å². The molecule has 2 rings (SSSR count). The molecule has 18 heavy (non-hydrogen) atoms. The van der Waals surface area contributed by atoms with Crippen molar-refractivity contribution in [1.82, 2.24) is 5.32 Å². The number of hydrogen-bond donors (Lipinski definition) is 2. The third kappa shape index (κ3) is 4.79. The van der Waals surface area contributed by atoms with Gasteiger partial charge in [0.2, 0.25) is 0 Å². The van der Waals surface area contributed by atoms with Crippen molar-refractivity contribution in [2.75, 3.05) is 0 Å². The van der Waals surface area contributed by atoms with Gasteiger partial charge in [-0.1, -0.05) is 49.6 Å². The number of benzene rings is 1. The van der Waals surface area contributed by atoms with Crippen molar-refractivity contribution in [3.63, 3.8) is 0 Å². The van der Waals surface area contributed by atoms with Crippen LogP contribution >= 0.6 is 0 Å². The Labute approximate surface area is 111 Å². The van der Waals surface area contributed by atoms with Crippen molar-refractivity contribution in [3.8, 4) is 0 Å². The van der Waals surface area contributed by atoms with Gasteiger partial charge in [0.05, 0.1) is 6.17 Å². The van der Waals surface area contributed by atoms with Crippen LogP contribution in [0, 0.1) is 0 Å². The molecule has 1 heterocycles. The monoisotopic (exact) mass is 246 g/mol. The largest absolute Gasteiger partial charge is 0.316 e. The van der Waals surface area contributed by atoms with Crippen molar-refractivity contribution in [1.29, 1.82) is 0 Å². The summed E-state index contributed by atoms with van der Waals surface area (Å²) in [5.41, 5.74) is 7.52. The molecule has 2 unspecified atom stereocenters. The molecule has 100 valence electrons. The maximum atomic E-state index is 6.07. The Morgan fingerprint density at radius 2 is 1.83 bits per heavy atom. The van der Waals surface area contributed by atoms with Gasteiger partial charge in [-0.05, 0) is 37.7 Å². The fourth-order valence-corrected chi connectivity index (χ4v) is 2.83. The van der Waals surface area contributed by atoms with Gasteiger partial charge in [-0.25, -0.2) is 0 Å². The third-order valence-electron chi connectivity index (χ3n) is 3.88. The highest BCUT2D eigenvalue weighted by Crippen LogP contribution is 2.15. The molecule has 0 saturated carbocycles. The van der Waals surface area contributed by atoms with Crippen LogP contribution in [-0.4, -0.2) is 12.2 Å². The molecule has 2 heteroatoms. The summed E-state index contributed by atoms with van der Waals surface area (Å²) >= 11 is 0. The highest BCUT2D eigenvalue weighted by molar-refractivity contribution is 5.14. The Hall–Kier alpha value is -0.860. The molecule has 2 atom stereocenters. The number of nitrogens with two attached hydrogens (primary N) is 1. The van der Waals surface area contributed by atoms with Crippen LogP contribution in [0.2, 0.25) is 0 Å². The Bertz CT molecular complexity index is 323. The number of nitrogens with one attached hydrogen (secondary N) is 1. The van der Waals surface area contributed by atoms with E-state index in [-0.39, 0.29) is 6.17 Å². The van der Waals surface area contributed by atoms with E-state index in [0.717, 1.165) is 6.42 Å². The molecular weight excluding hydrogens is 220 g/mol. The van der Waals surface area contributed by atoms with E-state index in [1.54, 1.807) is 0 Å². The molecule has 1 fully saturated rings. The maximum absolute atomic E-state index is 6.07. The van der Waals surface area contributed by atoms with Gasteiger partial charge in [-0.3, -0.25) is 5.32 Å². The summed E-state index contributed by atoms with van der Waals surface area (Å²) in [6.45, 7) is 0. The zero-order chi connectivity index (χ0) is 12.6. The predicted molar refractivity (Wildman–Crippen MR) is 77.4 cm³/mol. The van der Waals surface area contributed by atoms with Crippen LogP contribution in [0.15, 0.2) is 30.3 Å². The minimum Gasteiger partial charge on any atom is -0.316 e. The van der Waals surface area contributed by atoms with Gasteiger partial charge in [0.1, 0.15) is 0 Å². The average molecular weight is 246 g/mol. The molecule has 0 amide bonds. The van der Waals surface area contributed by atoms with E-state index in [0.29, 0.717) is 6.04 Å². The van der Waals surface area contributed by atoms with Crippen molar-refractivity contribution < 1.29 is 0 Å². The highest BCUT2D eigenvalue weighted by Gasteiger charge is 2.14. The molecule has 0 radical (unpaired) electrons. The van der Waals surface area contributed by atoms with Crippen molar-refractivity contribution in [2.24, 2.45) is 5.73 Å². The standard InChI is InChI=1S/C16H26N2/c17-16-13-6-2-5-11-15(18-16)12-7-10-14-8-3-1-4-9-14/h1,3-4,8-9,15-16,18H,2,5-7,10-13,17H2. The molecule has 1 aliphatic heterocycles. The predicted octanol–water partition coefficient (Wildman–Crippen LogP) is 3.22. The highest BCUT2D eigenvalue weighted by atomic mass is 15.0. The summed E-state index contributed by atoms with van der Waals surface area (Å²) < 4.78 is 0. The lowest BCUT2D eigenvalue weighted by Gasteiger charge is -2.26. The summed E-state index contributed by atoms with van der Waals surface area (Å²) in [6.07, 6.45) is 10.3. The average Bonchev–Trinajstić information content (AvgIpc) is 2.36. The summed E-state index contributed by atoms with van der Waals surface area (Å²) in [7, 11) is 0. The van der Waals surface area contributed by atoms with Crippen molar-refractivity contribution in [3.05, 3.63) is 35.9 Å². The van der Waals surface area contributed by atoms with E-state index >= 15 is 0 Å². The van der Waals surface area contributed by atoms with Gasteiger partial charge in [-0.2, -0.15) is 0 Å². The topological polar surface area (TPSA) is 38.0 Å². The van der Waals surface area contributed by atoms with Crippen LogP contribution in [-0.2, 0) is 6.42 Å². The van der Waals surface area contributed by atoms with E-state index in [1.807, 2.05) is 0 Å². The molecule has 0 bridgehead atoms. The zero-order valence-corrected chi connectivity index (χ0v) is 11.3. The smallest absolute Gasteiger partial charge is 0.0548 e. The summed E-state index contributed by atoms with van der Waals surface area (Å²) in [5, 5.41) is 3.58. The molecule has 1 aromatic carbocycles. The fraction of sp³-hybridized carbons (Fsp3) is 0.625. The van der Waals surface area contributed by atoms with Gasteiger partial charge >= 0.3 is 0 Å². The van der Waals surface area contributed by atoms with Crippen LogP contribution in [0.1, 0.15) is 50.5 Å². The molecule has 3 N–H and O–H groups in total. The van der Waals surface area contributed by atoms with Crippen molar-refractivity contribution >= 4 is 0 Å². The molecule has 1 aromatic rings. The number of aryl methyl sites for hydroxylation is 1. The number of hydrogen-bond acceptors (Lipinski definition) is 2. The fourth-order valence-electron chi connectivity index (χ4n) is 2.83. The normalized spacial score (nSPS) is 25.4. The van der Waals surface area contributed by atoms with Crippen LogP contribution < -0.4 is 11.1 Å². The molecule has 2 nitrogen and oxygen atoms in total. The Morgan fingerprint density at radius 3 is 2.67 bits per heavy atom. The minimum absolute atomic E-state index is 0.215. The Kier molecular flexibility index (Phi) is 5.69. The lowest BCUT2D eigenvalue weighted by molar-refractivity contribution is 0.333. The first kappa shape index (κ1) is 13.6. The van der Waals surface area contributed by atoms with Crippen LogP contribution in [0.3, 0.4) is 0 Å².